The largest absolute Gasteiger partial charge is 0.487 e. The standard InChI is InChI=1S/C14H16BrClN2O/c1-4-11-14(16)12(18(3)17-11)8-19-13-6-5-10(15)7-9(13)2/h5-7H,4,8H2,1-3H3. The molecule has 19 heavy (non-hydrogen) atoms. The molecule has 0 radical (unpaired) electrons. The van der Waals surface area contributed by atoms with E-state index in [1.165, 1.54) is 0 Å². The van der Waals surface area contributed by atoms with Crippen LogP contribution in [0.3, 0.4) is 0 Å². The Bertz CT molecular complexity index is 595. The van der Waals surface area contributed by atoms with Crippen LogP contribution < -0.4 is 4.74 Å². The summed E-state index contributed by atoms with van der Waals surface area (Å²) in [6.45, 7) is 4.48. The average Bonchev–Trinajstić information content (AvgIpc) is 2.64. The molecule has 0 fully saturated rings. The van der Waals surface area contributed by atoms with E-state index in [1.807, 2.05) is 39.1 Å². The highest BCUT2D eigenvalue weighted by Crippen LogP contribution is 2.25. The summed E-state index contributed by atoms with van der Waals surface area (Å²) in [4.78, 5) is 0. The Kier molecular flexibility index (Phi) is 4.53. The van der Waals surface area contributed by atoms with Gasteiger partial charge in [0.05, 0.1) is 16.4 Å². The van der Waals surface area contributed by atoms with Crippen molar-refractivity contribution >= 4 is 27.5 Å². The summed E-state index contributed by atoms with van der Waals surface area (Å²) in [6, 6.07) is 5.94. The van der Waals surface area contributed by atoms with Gasteiger partial charge in [0.25, 0.3) is 0 Å². The lowest BCUT2D eigenvalue weighted by molar-refractivity contribution is 0.293. The summed E-state index contributed by atoms with van der Waals surface area (Å²) in [5.74, 6) is 0.860. The van der Waals surface area contributed by atoms with Crippen molar-refractivity contribution in [3.8, 4) is 5.75 Å². The smallest absolute Gasteiger partial charge is 0.131 e. The maximum Gasteiger partial charge on any atom is 0.131 e. The Hall–Kier alpha value is -1.000. The minimum absolute atomic E-state index is 0.421. The van der Waals surface area contributed by atoms with Crippen molar-refractivity contribution in [2.45, 2.75) is 26.9 Å². The molecule has 1 heterocycles. The molecule has 0 saturated heterocycles. The van der Waals surface area contributed by atoms with E-state index in [-0.39, 0.29) is 0 Å². The molecule has 0 atom stereocenters. The Morgan fingerprint density at radius 2 is 2.16 bits per heavy atom. The third-order valence-corrected chi connectivity index (χ3v) is 3.93. The molecule has 3 nitrogen and oxygen atoms in total. The summed E-state index contributed by atoms with van der Waals surface area (Å²) in [6.07, 6.45) is 0.823. The lowest BCUT2D eigenvalue weighted by atomic mass is 10.2. The van der Waals surface area contributed by atoms with Crippen LogP contribution in [0, 0.1) is 6.92 Å². The predicted octanol–water partition coefficient (Wildman–Crippen LogP) is 4.29. The zero-order valence-electron chi connectivity index (χ0n) is 11.2. The Morgan fingerprint density at radius 1 is 1.42 bits per heavy atom. The lowest BCUT2D eigenvalue weighted by Crippen LogP contribution is -2.04. The van der Waals surface area contributed by atoms with Crippen molar-refractivity contribution in [2.24, 2.45) is 7.05 Å². The van der Waals surface area contributed by atoms with Gasteiger partial charge in [-0.3, -0.25) is 4.68 Å². The number of ether oxygens (including phenoxy) is 1. The van der Waals surface area contributed by atoms with Crippen LogP contribution >= 0.6 is 27.5 Å². The molecule has 0 unspecified atom stereocenters. The van der Waals surface area contributed by atoms with Gasteiger partial charge in [0.15, 0.2) is 0 Å². The molecule has 2 aromatic rings. The minimum Gasteiger partial charge on any atom is -0.487 e. The van der Waals surface area contributed by atoms with Crippen LogP contribution in [0.25, 0.3) is 0 Å². The van der Waals surface area contributed by atoms with Gasteiger partial charge in [-0.2, -0.15) is 5.10 Å². The molecule has 0 aliphatic heterocycles. The molecule has 1 aromatic heterocycles. The zero-order chi connectivity index (χ0) is 14.0. The van der Waals surface area contributed by atoms with E-state index in [0.29, 0.717) is 11.6 Å². The second-order valence-electron chi connectivity index (χ2n) is 4.38. The van der Waals surface area contributed by atoms with Gasteiger partial charge in [0.1, 0.15) is 12.4 Å². The van der Waals surface area contributed by atoms with E-state index in [9.17, 15) is 0 Å². The van der Waals surface area contributed by atoms with E-state index in [0.717, 1.165) is 33.6 Å². The van der Waals surface area contributed by atoms with Gasteiger partial charge in [0, 0.05) is 11.5 Å². The molecular weight excluding hydrogens is 328 g/mol. The van der Waals surface area contributed by atoms with E-state index < -0.39 is 0 Å². The number of hydrogen-bond donors (Lipinski definition) is 0. The molecular formula is C14H16BrClN2O. The second kappa shape index (κ2) is 5.97. The number of hydrogen-bond acceptors (Lipinski definition) is 2. The fourth-order valence-corrected chi connectivity index (χ4v) is 2.72. The first-order valence-electron chi connectivity index (χ1n) is 6.12. The molecule has 0 aliphatic rings. The maximum absolute atomic E-state index is 6.29. The highest BCUT2D eigenvalue weighted by atomic mass is 79.9. The summed E-state index contributed by atoms with van der Waals surface area (Å²) in [5.41, 5.74) is 2.90. The van der Waals surface area contributed by atoms with Gasteiger partial charge in [-0.25, -0.2) is 0 Å². The predicted molar refractivity (Wildman–Crippen MR) is 80.8 cm³/mol. The third-order valence-electron chi connectivity index (χ3n) is 3.00. The van der Waals surface area contributed by atoms with Crippen LogP contribution in [0.1, 0.15) is 23.9 Å². The monoisotopic (exact) mass is 342 g/mol. The van der Waals surface area contributed by atoms with Crippen LogP contribution in [-0.4, -0.2) is 9.78 Å². The number of aryl methyl sites for hydroxylation is 3. The Balaban J connectivity index is 2.16. The van der Waals surface area contributed by atoms with Crippen molar-refractivity contribution in [3.05, 3.63) is 44.6 Å². The topological polar surface area (TPSA) is 27.1 Å². The molecule has 0 spiro atoms. The molecule has 0 N–H and O–H groups in total. The van der Waals surface area contributed by atoms with Crippen molar-refractivity contribution in [3.63, 3.8) is 0 Å². The average molecular weight is 344 g/mol. The first kappa shape index (κ1) is 14.4. The van der Waals surface area contributed by atoms with Crippen LogP contribution in [0.4, 0.5) is 0 Å². The van der Waals surface area contributed by atoms with Crippen LogP contribution in [0.5, 0.6) is 5.75 Å². The molecule has 0 bridgehead atoms. The maximum atomic E-state index is 6.29. The Morgan fingerprint density at radius 3 is 2.74 bits per heavy atom. The number of rotatable bonds is 4. The van der Waals surface area contributed by atoms with Crippen LogP contribution in [0.15, 0.2) is 22.7 Å². The normalized spacial score (nSPS) is 10.8. The first-order chi connectivity index (χ1) is 9.02. The highest BCUT2D eigenvalue weighted by Gasteiger charge is 2.13. The van der Waals surface area contributed by atoms with Crippen LogP contribution in [0.2, 0.25) is 5.02 Å². The molecule has 0 aliphatic carbocycles. The fraction of sp³-hybridized carbons (Fsp3) is 0.357. The van der Waals surface area contributed by atoms with Gasteiger partial charge >= 0.3 is 0 Å². The fourth-order valence-electron chi connectivity index (χ4n) is 1.90. The number of nitrogens with zero attached hydrogens (tertiary/aromatic N) is 2. The van der Waals surface area contributed by atoms with Gasteiger partial charge in [0.2, 0.25) is 0 Å². The van der Waals surface area contributed by atoms with Gasteiger partial charge in [-0.05, 0) is 37.1 Å². The molecule has 1 aromatic carbocycles. The molecule has 2 rings (SSSR count). The number of aromatic nitrogens is 2. The molecule has 102 valence electrons. The zero-order valence-corrected chi connectivity index (χ0v) is 13.5. The van der Waals surface area contributed by atoms with E-state index in [2.05, 4.69) is 21.0 Å². The van der Waals surface area contributed by atoms with E-state index in [4.69, 9.17) is 16.3 Å². The third kappa shape index (κ3) is 3.12. The van der Waals surface area contributed by atoms with Gasteiger partial charge in [-0.1, -0.05) is 34.5 Å². The minimum atomic E-state index is 0.421. The summed E-state index contributed by atoms with van der Waals surface area (Å²) < 4.78 is 8.66. The summed E-state index contributed by atoms with van der Waals surface area (Å²) in [7, 11) is 1.89. The molecule has 0 amide bonds. The van der Waals surface area contributed by atoms with Gasteiger partial charge < -0.3 is 4.74 Å². The van der Waals surface area contributed by atoms with Crippen molar-refractivity contribution in [1.82, 2.24) is 9.78 Å². The highest BCUT2D eigenvalue weighted by molar-refractivity contribution is 9.10. The van der Waals surface area contributed by atoms with Crippen molar-refractivity contribution in [1.29, 1.82) is 0 Å². The van der Waals surface area contributed by atoms with Crippen molar-refractivity contribution < 1.29 is 4.74 Å². The quantitative estimate of drug-likeness (QED) is 0.828. The van der Waals surface area contributed by atoms with Crippen molar-refractivity contribution in [2.75, 3.05) is 0 Å². The SMILES string of the molecule is CCc1nn(C)c(COc2ccc(Br)cc2C)c1Cl. The molecule has 5 heteroatoms. The number of benzene rings is 1. The second-order valence-corrected chi connectivity index (χ2v) is 5.68. The summed E-state index contributed by atoms with van der Waals surface area (Å²) >= 11 is 9.73. The first-order valence-corrected chi connectivity index (χ1v) is 7.29. The molecule has 0 saturated carbocycles. The van der Waals surface area contributed by atoms with E-state index in [1.54, 1.807) is 4.68 Å². The lowest BCUT2D eigenvalue weighted by Gasteiger charge is -2.10. The Labute approximate surface area is 126 Å². The van der Waals surface area contributed by atoms with E-state index >= 15 is 0 Å². The van der Waals surface area contributed by atoms with Gasteiger partial charge in [-0.15, -0.1) is 0 Å². The summed E-state index contributed by atoms with van der Waals surface area (Å²) in [5, 5.41) is 5.08. The number of halogens is 2. The van der Waals surface area contributed by atoms with Crippen LogP contribution in [-0.2, 0) is 20.1 Å².